The smallest absolute Gasteiger partial charge is 0.244 e. The van der Waals surface area contributed by atoms with Gasteiger partial charge in [-0.2, -0.15) is 5.10 Å². The maximum atomic E-state index is 14.0. The number of nitrogens with two attached hydrogens (primary N) is 1. The minimum absolute atomic E-state index is 0.0326. The van der Waals surface area contributed by atoms with E-state index in [0.29, 0.717) is 28.8 Å². The highest BCUT2D eigenvalue weighted by Gasteiger charge is 2.30. The van der Waals surface area contributed by atoms with Gasteiger partial charge in [0.25, 0.3) is 0 Å². The first kappa shape index (κ1) is 26.7. The predicted octanol–water partition coefficient (Wildman–Crippen LogP) is 4.25. The number of carbonyl (C=O) groups excluding carboxylic acids is 2. The molecule has 12 heteroatoms. The molecule has 1 amide bonds. The van der Waals surface area contributed by atoms with Crippen LogP contribution in [0.5, 0.6) is 0 Å². The summed E-state index contributed by atoms with van der Waals surface area (Å²) in [7, 11) is 0. The molecule has 0 bridgehead atoms. The summed E-state index contributed by atoms with van der Waals surface area (Å²) in [5.41, 5.74) is 7.10. The summed E-state index contributed by atoms with van der Waals surface area (Å²) in [4.78, 5) is 33.6. The van der Waals surface area contributed by atoms with Gasteiger partial charge in [0.05, 0.1) is 17.6 Å². The number of aryl methyl sites for hydroxylation is 1. The third-order valence-electron chi connectivity index (χ3n) is 6.03. The molecule has 0 spiro atoms. The van der Waals surface area contributed by atoms with Crippen molar-refractivity contribution in [1.82, 2.24) is 19.7 Å². The van der Waals surface area contributed by atoms with Crippen molar-refractivity contribution in [2.45, 2.75) is 39.8 Å². The number of pyridine rings is 2. The molecular formula is C26H23ClF2N6O3. The Labute approximate surface area is 221 Å². The van der Waals surface area contributed by atoms with Crippen molar-refractivity contribution in [2.24, 2.45) is 5.73 Å². The maximum absolute atomic E-state index is 14.0. The van der Waals surface area contributed by atoms with Crippen LogP contribution in [0.25, 0.3) is 11.4 Å². The molecule has 0 aromatic carbocycles. The van der Waals surface area contributed by atoms with Crippen molar-refractivity contribution in [1.29, 1.82) is 0 Å². The minimum Gasteiger partial charge on any atom is -0.485 e. The second-order valence-corrected chi connectivity index (χ2v) is 9.42. The van der Waals surface area contributed by atoms with Crippen LogP contribution in [0.3, 0.4) is 0 Å². The fourth-order valence-corrected chi connectivity index (χ4v) is 3.92. The molecular weight excluding hydrogens is 518 g/mol. The number of ether oxygens (including phenoxy) is 1. The lowest BCUT2D eigenvalue weighted by atomic mass is 10.1. The molecule has 0 saturated carbocycles. The van der Waals surface area contributed by atoms with Gasteiger partial charge in [-0.1, -0.05) is 11.6 Å². The summed E-state index contributed by atoms with van der Waals surface area (Å²) in [5, 5.41) is 4.40. The summed E-state index contributed by atoms with van der Waals surface area (Å²) in [5.74, 6) is -0.269. The van der Waals surface area contributed by atoms with Crippen LogP contribution in [0.1, 0.15) is 32.0 Å². The molecule has 0 radical (unpaired) electrons. The van der Waals surface area contributed by atoms with Gasteiger partial charge in [-0.05, 0) is 45.4 Å². The number of rotatable bonds is 7. The Bertz CT molecular complexity index is 1560. The Hall–Kier alpha value is -4.34. The molecule has 196 valence electrons. The van der Waals surface area contributed by atoms with Crippen molar-refractivity contribution in [2.75, 3.05) is 4.90 Å². The summed E-state index contributed by atoms with van der Waals surface area (Å²) in [6.07, 6.45) is 5.70. The zero-order valence-electron chi connectivity index (χ0n) is 20.9. The Morgan fingerprint density at radius 3 is 2.58 bits per heavy atom. The van der Waals surface area contributed by atoms with E-state index < -0.39 is 23.1 Å². The number of carbonyl (C=O) groups is 1. The fraction of sp³-hybridized carbons (Fsp3) is 0.231. The third kappa shape index (κ3) is 4.93. The average Bonchev–Trinajstić information content (AvgIpc) is 3.36. The summed E-state index contributed by atoms with van der Waals surface area (Å²) in [6.45, 7) is 6.50. The molecule has 0 aliphatic carbocycles. The monoisotopic (exact) mass is 540 g/mol. The van der Waals surface area contributed by atoms with Gasteiger partial charge in [0, 0.05) is 30.2 Å². The van der Waals surface area contributed by atoms with Crippen LogP contribution in [-0.4, -0.2) is 31.6 Å². The average molecular weight is 541 g/mol. The van der Waals surface area contributed by atoms with Gasteiger partial charge >= 0.3 is 0 Å². The fourth-order valence-electron chi connectivity index (χ4n) is 3.69. The van der Waals surface area contributed by atoms with E-state index in [-0.39, 0.29) is 28.8 Å². The third-order valence-corrected chi connectivity index (χ3v) is 6.39. The van der Waals surface area contributed by atoms with Crippen LogP contribution in [0, 0.1) is 18.6 Å². The molecule has 4 heterocycles. The van der Waals surface area contributed by atoms with E-state index in [1.54, 1.807) is 56.3 Å². The molecule has 38 heavy (non-hydrogen) atoms. The number of amides is 1. The van der Waals surface area contributed by atoms with Crippen molar-refractivity contribution >= 4 is 29.1 Å². The highest BCUT2D eigenvalue weighted by Crippen LogP contribution is 2.38. The quantitative estimate of drug-likeness (QED) is 0.445. The molecule has 0 unspecified atom stereocenters. The van der Waals surface area contributed by atoms with Crippen LogP contribution >= 0.6 is 11.6 Å². The van der Waals surface area contributed by atoms with Gasteiger partial charge in [0.1, 0.15) is 40.1 Å². The van der Waals surface area contributed by atoms with Crippen LogP contribution < -0.4 is 10.6 Å². The van der Waals surface area contributed by atoms with E-state index in [1.165, 1.54) is 4.68 Å². The van der Waals surface area contributed by atoms with E-state index in [0.717, 1.165) is 11.8 Å². The van der Waals surface area contributed by atoms with E-state index in [2.05, 4.69) is 15.1 Å². The zero-order valence-corrected chi connectivity index (χ0v) is 21.7. The molecule has 2 N–H and O–H groups in total. The second-order valence-electron chi connectivity index (χ2n) is 9.05. The molecule has 9 nitrogen and oxygen atoms in total. The van der Waals surface area contributed by atoms with E-state index in [9.17, 15) is 18.4 Å². The van der Waals surface area contributed by atoms with E-state index in [1.807, 2.05) is 12.9 Å². The van der Waals surface area contributed by atoms with Crippen LogP contribution in [0.15, 0.2) is 65.1 Å². The first-order valence-electron chi connectivity index (χ1n) is 11.3. The number of hydrogen-bond acceptors (Lipinski definition) is 7. The van der Waals surface area contributed by atoms with Crippen LogP contribution in [0.2, 0.25) is 0 Å². The molecule has 1 aliphatic rings. The maximum Gasteiger partial charge on any atom is 0.244 e. The van der Waals surface area contributed by atoms with E-state index >= 15 is 0 Å². The van der Waals surface area contributed by atoms with Crippen LogP contribution in [0.4, 0.5) is 14.5 Å². The molecule has 3 aromatic rings. The van der Waals surface area contributed by atoms with Gasteiger partial charge < -0.3 is 15.4 Å². The predicted molar refractivity (Wildman–Crippen MR) is 136 cm³/mol. The molecule has 0 saturated heterocycles. The van der Waals surface area contributed by atoms with Gasteiger partial charge in [-0.3, -0.25) is 19.4 Å². The number of anilines is 1. The number of halogens is 3. The summed E-state index contributed by atoms with van der Waals surface area (Å²) < 4.78 is 34.2. The topological polar surface area (TPSA) is 116 Å². The summed E-state index contributed by atoms with van der Waals surface area (Å²) >= 11 is 6.50. The molecule has 0 atom stereocenters. The number of nitrogens with zero attached hydrogens (tertiary/aromatic N) is 5. The van der Waals surface area contributed by atoms with Crippen molar-refractivity contribution in [3.63, 3.8) is 0 Å². The Balaban J connectivity index is 1.66. The van der Waals surface area contributed by atoms with E-state index in [4.69, 9.17) is 22.1 Å². The lowest BCUT2D eigenvalue weighted by Gasteiger charge is -2.31. The Morgan fingerprint density at radius 2 is 1.92 bits per heavy atom. The SMILES string of the molecule is CC1=CC(OCc2ncc(F)cc2F)=C(Cl)C(=C=O)N1c1cc(-c2ccn(C(C)(C)C(N)=O)n2)ncc1C. The first-order valence-corrected chi connectivity index (χ1v) is 11.7. The highest BCUT2D eigenvalue weighted by atomic mass is 35.5. The molecule has 0 fully saturated rings. The first-order chi connectivity index (χ1) is 17.9. The largest absolute Gasteiger partial charge is 0.485 e. The zero-order chi connectivity index (χ0) is 27.8. The Kier molecular flexibility index (Phi) is 7.17. The number of hydrogen-bond donors (Lipinski definition) is 1. The van der Waals surface area contributed by atoms with Gasteiger partial charge in [-0.25, -0.2) is 13.6 Å². The number of primary amides is 1. The Morgan fingerprint density at radius 1 is 1.18 bits per heavy atom. The second kappa shape index (κ2) is 10.2. The lowest BCUT2D eigenvalue weighted by Crippen LogP contribution is -2.41. The normalized spacial score (nSPS) is 13.9. The molecule has 1 aliphatic heterocycles. The van der Waals surface area contributed by atoms with Gasteiger partial charge in [0.15, 0.2) is 17.5 Å². The van der Waals surface area contributed by atoms with Gasteiger partial charge in [0.2, 0.25) is 5.91 Å². The lowest BCUT2D eigenvalue weighted by molar-refractivity contribution is -0.125. The molecule has 3 aromatic heterocycles. The van der Waals surface area contributed by atoms with Crippen molar-refractivity contribution < 1.29 is 23.1 Å². The number of allylic oxidation sites excluding steroid dienone is 3. The van der Waals surface area contributed by atoms with Crippen molar-refractivity contribution in [3.05, 3.63) is 87.9 Å². The minimum atomic E-state index is -1.05. The van der Waals surface area contributed by atoms with Crippen LogP contribution in [-0.2, 0) is 26.5 Å². The standard InChI is InChI=1S/C26H23ClF2N6O3/c1-14-10-31-19(18-5-6-34(33-18)26(3,4)25(30)37)9-21(14)35-15(2)7-23(24(27)22(35)12-36)38-13-20-17(29)8-16(28)11-32-20/h5-11H,13H2,1-4H3,(H2,30,37). The highest BCUT2D eigenvalue weighted by molar-refractivity contribution is 6.33. The van der Waals surface area contributed by atoms with Crippen molar-refractivity contribution in [3.8, 4) is 11.4 Å². The number of aromatic nitrogens is 4. The summed E-state index contributed by atoms with van der Waals surface area (Å²) in [6, 6.07) is 4.12. The molecule has 4 rings (SSSR count). The van der Waals surface area contributed by atoms with Gasteiger partial charge in [-0.15, -0.1) is 0 Å².